The number of halogens is 2. The van der Waals surface area contributed by atoms with Gasteiger partial charge >= 0.3 is 6.03 Å². The van der Waals surface area contributed by atoms with E-state index in [2.05, 4.69) is 22.8 Å². The summed E-state index contributed by atoms with van der Waals surface area (Å²) >= 11 is 12.2. The van der Waals surface area contributed by atoms with Crippen LogP contribution in [0.15, 0.2) is 48.5 Å². The summed E-state index contributed by atoms with van der Waals surface area (Å²) in [4.78, 5) is 11.9. The highest BCUT2D eigenvalue weighted by molar-refractivity contribution is 6.35. The van der Waals surface area contributed by atoms with Gasteiger partial charge in [-0.05, 0) is 36.1 Å². The van der Waals surface area contributed by atoms with Crippen molar-refractivity contribution in [3.8, 4) is 0 Å². The maximum Gasteiger partial charge on any atom is 0.315 e. The van der Waals surface area contributed by atoms with E-state index in [1.54, 1.807) is 12.1 Å². The number of carbonyl (C=O) groups excluding carboxylic acids is 1. The molecule has 2 aromatic carbocycles. The first-order valence-electron chi connectivity index (χ1n) is 7.67. The first-order valence-corrected chi connectivity index (χ1v) is 8.43. The summed E-state index contributed by atoms with van der Waals surface area (Å²) in [5, 5.41) is 7.12. The summed E-state index contributed by atoms with van der Waals surface area (Å²) in [6.45, 7) is 0.498. The molecule has 0 heterocycles. The molecule has 2 amide bonds. The second kappa shape index (κ2) is 7.24. The maximum atomic E-state index is 11.9. The molecule has 1 aliphatic rings. The maximum absolute atomic E-state index is 11.9. The van der Waals surface area contributed by atoms with E-state index in [9.17, 15) is 4.79 Å². The topological polar surface area (TPSA) is 41.1 Å². The zero-order valence-corrected chi connectivity index (χ0v) is 14.1. The smallest absolute Gasteiger partial charge is 0.315 e. The second-order valence-corrected chi connectivity index (χ2v) is 6.52. The number of carbonyl (C=O) groups is 1. The number of amides is 2. The van der Waals surface area contributed by atoms with Gasteiger partial charge in [-0.2, -0.15) is 0 Å². The van der Waals surface area contributed by atoms with Crippen molar-refractivity contribution in [1.29, 1.82) is 0 Å². The molecule has 0 radical (unpaired) electrons. The summed E-state index contributed by atoms with van der Waals surface area (Å²) in [5.74, 6) is 0.431. The molecule has 0 bridgehead atoms. The fourth-order valence-corrected chi connectivity index (χ4v) is 3.30. The molecule has 120 valence electrons. The van der Waals surface area contributed by atoms with Crippen LogP contribution in [-0.2, 0) is 6.42 Å². The molecule has 3 nitrogen and oxygen atoms in total. The molecule has 0 saturated heterocycles. The normalized spacial score (nSPS) is 19.2. The lowest BCUT2D eigenvalue weighted by Crippen LogP contribution is -2.38. The number of rotatable bonds is 5. The van der Waals surface area contributed by atoms with Crippen LogP contribution >= 0.6 is 23.2 Å². The van der Waals surface area contributed by atoms with Crippen LogP contribution in [-0.4, -0.2) is 18.6 Å². The van der Waals surface area contributed by atoms with Crippen molar-refractivity contribution in [3.05, 3.63) is 69.7 Å². The highest BCUT2D eigenvalue weighted by Crippen LogP contribution is 2.40. The highest BCUT2D eigenvalue weighted by Gasteiger charge is 2.39. The molecule has 1 saturated carbocycles. The van der Waals surface area contributed by atoms with E-state index in [1.807, 2.05) is 24.3 Å². The minimum absolute atomic E-state index is 0.142. The molecule has 2 unspecified atom stereocenters. The van der Waals surface area contributed by atoms with Crippen molar-refractivity contribution < 1.29 is 4.79 Å². The molecule has 2 N–H and O–H groups in total. The van der Waals surface area contributed by atoms with Crippen LogP contribution in [0.1, 0.15) is 23.5 Å². The van der Waals surface area contributed by atoms with Gasteiger partial charge in [0.1, 0.15) is 0 Å². The minimum atomic E-state index is -0.142. The van der Waals surface area contributed by atoms with Gasteiger partial charge in [0.25, 0.3) is 0 Å². The molecule has 5 heteroatoms. The summed E-state index contributed by atoms with van der Waals surface area (Å²) in [7, 11) is 0. The number of benzene rings is 2. The van der Waals surface area contributed by atoms with E-state index in [0.717, 1.165) is 12.0 Å². The van der Waals surface area contributed by atoms with Gasteiger partial charge in [-0.25, -0.2) is 4.79 Å². The largest absolute Gasteiger partial charge is 0.338 e. The zero-order chi connectivity index (χ0) is 16.2. The van der Waals surface area contributed by atoms with Crippen LogP contribution < -0.4 is 10.6 Å². The van der Waals surface area contributed by atoms with Gasteiger partial charge in [0, 0.05) is 28.5 Å². The summed E-state index contributed by atoms with van der Waals surface area (Å²) in [6, 6.07) is 15.8. The van der Waals surface area contributed by atoms with Crippen LogP contribution in [0.3, 0.4) is 0 Å². The Morgan fingerprint density at radius 3 is 2.43 bits per heavy atom. The molecule has 3 rings (SSSR count). The van der Waals surface area contributed by atoms with Crippen molar-refractivity contribution in [3.63, 3.8) is 0 Å². The van der Waals surface area contributed by atoms with Gasteiger partial charge in [-0.15, -0.1) is 0 Å². The molecule has 0 spiro atoms. The Morgan fingerprint density at radius 1 is 1.04 bits per heavy atom. The third-order valence-electron chi connectivity index (χ3n) is 4.06. The first-order chi connectivity index (χ1) is 11.1. The second-order valence-electron chi connectivity index (χ2n) is 5.71. The van der Waals surface area contributed by atoms with Crippen LogP contribution in [0.5, 0.6) is 0 Å². The van der Waals surface area contributed by atoms with Crippen LogP contribution in [0.25, 0.3) is 0 Å². The number of hydrogen-bond donors (Lipinski definition) is 2. The third kappa shape index (κ3) is 4.18. The van der Waals surface area contributed by atoms with Crippen LogP contribution in [0, 0.1) is 0 Å². The molecule has 2 atom stereocenters. The van der Waals surface area contributed by atoms with E-state index >= 15 is 0 Å². The van der Waals surface area contributed by atoms with E-state index < -0.39 is 0 Å². The Kier molecular flexibility index (Phi) is 5.09. The predicted molar refractivity (Wildman–Crippen MR) is 94.3 cm³/mol. The lowest BCUT2D eigenvalue weighted by Gasteiger charge is -2.09. The number of urea groups is 1. The quantitative estimate of drug-likeness (QED) is 0.826. The lowest BCUT2D eigenvalue weighted by atomic mass is 10.1. The standard InChI is InChI=1S/C18H18Cl2N2O/c19-15-7-4-8-16(20)13(15)9-10-21-18(23)22-17-11-14(17)12-5-2-1-3-6-12/h1-8,14,17H,9-11H2,(H2,21,22,23). The van der Waals surface area contributed by atoms with Crippen molar-refractivity contribution in [1.82, 2.24) is 10.6 Å². The summed E-state index contributed by atoms with van der Waals surface area (Å²) < 4.78 is 0. The fraction of sp³-hybridized carbons (Fsp3) is 0.278. The third-order valence-corrected chi connectivity index (χ3v) is 4.77. The Labute approximate surface area is 146 Å². The van der Waals surface area contributed by atoms with Crippen molar-refractivity contribution >= 4 is 29.2 Å². The number of nitrogens with one attached hydrogen (secondary N) is 2. The Balaban J connectivity index is 1.43. The predicted octanol–water partition coefficient (Wildman–Crippen LogP) is 4.39. The molecule has 1 fully saturated rings. The van der Waals surface area contributed by atoms with Gasteiger partial charge in [0.15, 0.2) is 0 Å². The average molecular weight is 349 g/mol. The lowest BCUT2D eigenvalue weighted by molar-refractivity contribution is 0.240. The van der Waals surface area contributed by atoms with Crippen molar-refractivity contribution in [2.75, 3.05) is 6.54 Å². The van der Waals surface area contributed by atoms with Gasteiger partial charge in [-0.1, -0.05) is 59.6 Å². The van der Waals surface area contributed by atoms with Crippen LogP contribution in [0.4, 0.5) is 4.79 Å². The SMILES string of the molecule is O=C(NCCc1c(Cl)cccc1Cl)NC1CC1c1ccccc1. The van der Waals surface area contributed by atoms with E-state index in [0.29, 0.717) is 28.9 Å². The van der Waals surface area contributed by atoms with Gasteiger partial charge in [-0.3, -0.25) is 0 Å². The monoisotopic (exact) mass is 348 g/mol. The fourth-order valence-electron chi connectivity index (χ4n) is 2.71. The molecular formula is C18H18Cl2N2O. The van der Waals surface area contributed by atoms with E-state index in [-0.39, 0.29) is 12.1 Å². The molecule has 2 aromatic rings. The van der Waals surface area contributed by atoms with Crippen LogP contribution in [0.2, 0.25) is 10.0 Å². The number of hydrogen-bond acceptors (Lipinski definition) is 1. The first kappa shape index (κ1) is 16.2. The Bertz CT molecular complexity index is 670. The molecule has 23 heavy (non-hydrogen) atoms. The van der Waals surface area contributed by atoms with Gasteiger partial charge in [0.05, 0.1) is 0 Å². The van der Waals surface area contributed by atoms with E-state index in [1.165, 1.54) is 5.56 Å². The minimum Gasteiger partial charge on any atom is -0.338 e. The molecule has 0 aliphatic heterocycles. The summed E-state index contributed by atoms with van der Waals surface area (Å²) in [6.07, 6.45) is 1.60. The summed E-state index contributed by atoms with van der Waals surface area (Å²) in [5.41, 5.74) is 2.14. The molecule has 1 aliphatic carbocycles. The van der Waals surface area contributed by atoms with Crippen molar-refractivity contribution in [2.45, 2.75) is 24.8 Å². The average Bonchev–Trinajstić information content (AvgIpc) is 3.30. The van der Waals surface area contributed by atoms with E-state index in [4.69, 9.17) is 23.2 Å². The zero-order valence-electron chi connectivity index (χ0n) is 12.6. The Morgan fingerprint density at radius 2 is 1.74 bits per heavy atom. The molecular weight excluding hydrogens is 331 g/mol. The molecule has 0 aromatic heterocycles. The van der Waals surface area contributed by atoms with Crippen molar-refractivity contribution in [2.24, 2.45) is 0 Å². The highest BCUT2D eigenvalue weighted by atomic mass is 35.5. The van der Waals surface area contributed by atoms with Gasteiger partial charge in [0.2, 0.25) is 0 Å². The van der Waals surface area contributed by atoms with Gasteiger partial charge < -0.3 is 10.6 Å². The Hall–Kier alpha value is -1.71.